The quantitative estimate of drug-likeness (QED) is 0.672. The molecule has 3 nitrogen and oxygen atoms in total. The molecule has 100 valence electrons. The van der Waals surface area contributed by atoms with Crippen LogP contribution in [0, 0.1) is 0 Å². The van der Waals surface area contributed by atoms with Gasteiger partial charge < -0.3 is 4.90 Å². The van der Waals surface area contributed by atoms with Crippen LogP contribution in [0.3, 0.4) is 0 Å². The Bertz CT molecular complexity index is 493. The zero-order valence-corrected chi connectivity index (χ0v) is 12.0. The van der Waals surface area contributed by atoms with Gasteiger partial charge in [0, 0.05) is 24.2 Å². The summed E-state index contributed by atoms with van der Waals surface area (Å²) in [6, 6.07) is 7.28. The van der Waals surface area contributed by atoms with Gasteiger partial charge in [-0.15, -0.1) is 0 Å². The van der Waals surface area contributed by atoms with Gasteiger partial charge in [-0.3, -0.25) is 10.1 Å². The van der Waals surface area contributed by atoms with Gasteiger partial charge in [-0.05, 0) is 48.8 Å². The molecule has 2 rings (SSSR count). The van der Waals surface area contributed by atoms with Crippen molar-refractivity contribution in [2.45, 2.75) is 12.8 Å². The molecule has 1 aromatic carbocycles. The summed E-state index contributed by atoms with van der Waals surface area (Å²) in [4.78, 5) is 13.7. The molecule has 19 heavy (non-hydrogen) atoms. The van der Waals surface area contributed by atoms with E-state index in [1.54, 1.807) is 18.2 Å². The standard InChI is InChI=1S/C14H15ClN2OS/c15-12-6-3-11(4-7-12)5-8-13(18)16-14(19)17-9-1-2-10-17/h3-8H,1-2,9-10H2,(H,16,18,19). The van der Waals surface area contributed by atoms with Crippen LogP contribution < -0.4 is 5.32 Å². The zero-order valence-electron chi connectivity index (χ0n) is 10.4. The fourth-order valence-electron chi connectivity index (χ4n) is 1.89. The molecule has 1 fully saturated rings. The van der Waals surface area contributed by atoms with Gasteiger partial charge in [0.05, 0.1) is 0 Å². The lowest BCUT2D eigenvalue weighted by atomic mass is 10.2. The molecule has 1 heterocycles. The van der Waals surface area contributed by atoms with Crippen molar-refractivity contribution in [2.75, 3.05) is 13.1 Å². The number of hydrogen-bond donors (Lipinski definition) is 1. The van der Waals surface area contributed by atoms with E-state index in [4.69, 9.17) is 23.8 Å². The maximum atomic E-state index is 11.7. The third-order valence-corrected chi connectivity index (χ3v) is 3.53. The first-order chi connectivity index (χ1) is 9.15. The van der Waals surface area contributed by atoms with E-state index >= 15 is 0 Å². The van der Waals surface area contributed by atoms with E-state index < -0.39 is 0 Å². The van der Waals surface area contributed by atoms with Crippen molar-refractivity contribution in [2.24, 2.45) is 0 Å². The number of nitrogens with zero attached hydrogens (tertiary/aromatic N) is 1. The van der Waals surface area contributed by atoms with E-state index in [1.807, 2.05) is 17.0 Å². The van der Waals surface area contributed by atoms with Crippen molar-refractivity contribution in [3.63, 3.8) is 0 Å². The van der Waals surface area contributed by atoms with Crippen molar-refractivity contribution in [1.29, 1.82) is 0 Å². The van der Waals surface area contributed by atoms with Crippen LogP contribution in [-0.2, 0) is 4.79 Å². The maximum absolute atomic E-state index is 11.7. The van der Waals surface area contributed by atoms with Gasteiger partial charge in [-0.25, -0.2) is 0 Å². The smallest absolute Gasteiger partial charge is 0.250 e. The summed E-state index contributed by atoms with van der Waals surface area (Å²) < 4.78 is 0. The van der Waals surface area contributed by atoms with E-state index in [0.29, 0.717) is 10.1 Å². The largest absolute Gasteiger partial charge is 0.349 e. The Kier molecular flexibility index (Phi) is 4.93. The molecule has 1 aliphatic rings. The summed E-state index contributed by atoms with van der Waals surface area (Å²) >= 11 is 11.0. The number of likely N-dealkylation sites (tertiary alicyclic amines) is 1. The molecule has 0 aliphatic carbocycles. The van der Waals surface area contributed by atoms with Crippen molar-refractivity contribution < 1.29 is 4.79 Å². The van der Waals surface area contributed by atoms with E-state index in [9.17, 15) is 4.79 Å². The van der Waals surface area contributed by atoms with Crippen LogP contribution in [0.5, 0.6) is 0 Å². The SMILES string of the molecule is O=C(C=Cc1ccc(Cl)cc1)NC(=S)N1CCCC1. The highest BCUT2D eigenvalue weighted by Gasteiger charge is 2.15. The molecule has 1 N–H and O–H groups in total. The summed E-state index contributed by atoms with van der Waals surface area (Å²) in [6.07, 6.45) is 5.48. The van der Waals surface area contributed by atoms with Gasteiger partial charge in [0.2, 0.25) is 5.91 Å². The summed E-state index contributed by atoms with van der Waals surface area (Å²) in [5.41, 5.74) is 0.923. The number of hydrogen-bond acceptors (Lipinski definition) is 2. The molecule has 1 saturated heterocycles. The molecule has 0 spiro atoms. The molecular weight excluding hydrogens is 280 g/mol. The Labute approximate surface area is 123 Å². The van der Waals surface area contributed by atoms with Crippen LogP contribution in [0.15, 0.2) is 30.3 Å². The number of nitrogens with one attached hydrogen (secondary N) is 1. The summed E-state index contributed by atoms with van der Waals surface area (Å²) in [5.74, 6) is -0.202. The van der Waals surface area contributed by atoms with Crippen LogP contribution in [0.1, 0.15) is 18.4 Å². The average molecular weight is 295 g/mol. The summed E-state index contributed by atoms with van der Waals surface area (Å²) in [6.45, 7) is 1.86. The number of thiocarbonyl (C=S) groups is 1. The molecule has 0 bridgehead atoms. The molecule has 1 aliphatic heterocycles. The maximum Gasteiger partial charge on any atom is 0.250 e. The third kappa shape index (κ3) is 4.33. The predicted molar refractivity (Wildman–Crippen MR) is 82.0 cm³/mol. The van der Waals surface area contributed by atoms with Gasteiger partial charge in [0.15, 0.2) is 5.11 Å². The number of carbonyl (C=O) groups excluding carboxylic acids is 1. The number of halogens is 1. The Hall–Kier alpha value is -1.39. The Morgan fingerprint density at radius 2 is 1.89 bits per heavy atom. The van der Waals surface area contributed by atoms with Gasteiger partial charge in [-0.1, -0.05) is 23.7 Å². The zero-order chi connectivity index (χ0) is 13.7. The van der Waals surface area contributed by atoms with Crippen LogP contribution in [0.25, 0.3) is 6.08 Å². The molecular formula is C14H15ClN2OS. The molecule has 5 heteroatoms. The highest BCUT2D eigenvalue weighted by molar-refractivity contribution is 7.80. The van der Waals surface area contributed by atoms with Crippen LogP contribution in [-0.4, -0.2) is 29.0 Å². The first kappa shape index (κ1) is 14.0. The summed E-state index contributed by atoms with van der Waals surface area (Å²) in [5, 5.41) is 3.90. The Balaban J connectivity index is 1.86. The highest BCUT2D eigenvalue weighted by atomic mass is 35.5. The van der Waals surface area contributed by atoms with Crippen molar-refractivity contribution in [1.82, 2.24) is 10.2 Å². The third-order valence-electron chi connectivity index (χ3n) is 2.92. The highest BCUT2D eigenvalue weighted by Crippen LogP contribution is 2.10. The molecule has 0 atom stereocenters. The second-order valence-corrected chi connectivity index (χ2v) is 5.20. The fraction of sp³-hybridized carbons (Fsp3) is 0.286. The van der Waals surface area contributed by atoms with Gasteiger partial charge >= 0.3 is 0 Å². The second kappa shape index (κ2) is 6.68. The second-order valence-electron chi connectivity index (χ2n) is 4.37. The minimum Gasteiger partial charge on any atom is -0.349 e. The molecule has 1 aromatic rings. The number of benzene rings is 1. The lowest BCUT2D eigenvalue weighted by Gasteiger charge is -2.17. The summed E-state index contributed by atoms with van der Waals surface area (Å²) in [7, 11) is 0. The fourth-order valence-corrected chi connectivity index (χ4v) is 2.30. The van der Waals surface area contributed by atoms with Crippen LogP contribution >= 0.6 is 23.8 Å². The number of amides is 1. The predicted octanol–water partition coefficient (Wildman–Crippen LogP) is 2.85. The van der Waals surface area contributed by atoms with Crippen LogP contribution in [0.2, 0.25) is 5.02 Å². The lowest BCUT2D eigenvalue weighted by Crippen LogP contribution is -2.40. The molecule has 0 unspecified atom stereocenters. The van der Waals surface area contributed by atoms with E-state index in [0.717, 1.165) is 31.5 Å². The van der Waals surface area contributed by atoms with E-state index in [2.05, 4.69) is 5.32 Å². The first-order valence-corrected chi connectivity index (χ1v) is 6.97. The Morgan fingerprint density at radius 1 is 1.26 bits per heavy atom. The van der Waals surface area contributed by atoms with Gasteiger partial charge in [0.1, 0.15) is 0 Å². The van der Waals surface area contributed by atoms with E-state index in [1.165, 1.54) is 6.08 Å². The topological polar surface area (TPSA) is 32.3 Å². The van der Waals surface area contributed by atoms with Crippen molar-refractivity contribution >= 4 is 40.9 Å². The minimum atomic E-state index is -0.202. The monoisotopic (exact) mass is 294 g/mol. The normalized spacial score (nSPS) is 14.9. The molecule has 0 radical (unpaired) electrons. The van der Waals surface area contributed by atoms with E-state index in [-0.39, 0.29) is 5.91 Å². The number of carbonyl (C=O) groups is 1. The average Bonchev–Trinajstić information content (AvgIpc) is 2.92. The van der Waals surface area contributed by atoms with Crippen LogP contribution in [0.4, 0.5) is 0 Å². The Morgan fingerprint density at radius 3 is 2.53 bits per heavy atom. The molecule has 1 amide bonds. The minimum absolute atomic E-state index is 0.202. The molecule has 0 saturated carbocycles. The molecule has 0 aromatic heterocycles. The van der Waals surface area contributed by atoms with Gasteiger partial charge in [0.25, 0.3) is 0 Å². The number of rotatable bonds is 2. The van der Waals surface area contributed by atoms with Gasteiger partial charge in [-0.2, -0.15) is 0 Å². The van der Waals surface area contributed by atoms with Crippen molar-refractivity contribution in [3.8, 4) is 0 Å². The first-order valence-electron chi connectivity index (χ1n) is 6.19. The lowest BCUT2D eigenvalue weighted by molar-refractivity contribution is -0.115. The van der Waals surface area contributed by atoms with Crippen molar-refractivity contribution in [3.05, 3.63) is 40.9 Å².